The molecule has 0 unspecified atom stereocenters. The molecule has 1 aromatic carbocycles. The lowest BCUT2D eigenvalue weighted by molar-refractivity contribution is 0.0640. The Kier molecular flexibility index (Phi) is 3.63. The second-order valence-corrected chi connectivity index (χ2v) is 4.58. The highest BCUT2D eigenvalue weighted by Crippen LogP contribution is 2.26. The lowest BCUT2D eigenvalue weighted by Gasteiger charge is -2.34. The Hall–Kier alpha value is -1.75. The number of carbonyl (C=O) groups is 1. The average molecular weight is 238 g/mol. The molecular weight excluding hydrogens is 220 g/mol. The smallest absolute Gasteiger partial charge is 0.254 e. The maximum atomic E-state index is 12.1. The number of hydrogen-bond acceptors (Lipinski definition) is 4. The van der Waals surface area contributed by atoms with Crippen molar-refractivity contribution in [3.05, 3.63) is 23.8 Å². The summed E-state index contributed by atoms with van der Waals surface area (Å²) >= 11 is 0. The predicted molar refractivity (Wildman–Crippen MR) is 65.0 cm³/mol. The molecule has 0 aliphatic carbocycles. The van der Waals surface area contributed by atoms with Crippen molar-refractivity contribution in [2.45, 2.75) is 19.4 Å². The number of phenolic OH excluding ortho intramolecular Hbond substituents is 2. The molecule has 94 valence electrons. The zero-order chi connectivity index (χ0) is 13.2. The molecule has 4 N–H and O–H groups in total. The molecule has 0 spiro atoms. The molecule has 0 atom stereocenters. The first kappa shape index (κ1) is 13.3. The maximum Gasteiger partial charge on any atom is 0.254 e. The second kappa shape index (κ2) is 4.63. The zero-order valence-electron chi connectivity index (χ0n) is 10.3. The molecule has 0 heterocycles. The van der Waals surface area contributed by atoms with Gasteiger partial charge in [0.15, 0.2) is 11.5 Å². The molecule has 0 aliphatic rings. The molecule has 1 amide bonds. The molecule has 17 heavy (non-hydrogen) atoms. The highest BCUT2D eigenvalue weighted by atomic mass is 16.3. The van der Waals surface area contributed by atoms with Crippen LogP contribution in [0.1, 0.15) is 24.2 Å². The Morgan fingerprint density at radius 1 is 1.35 bits per heavy atom. The Balaban J connectivity index is 3.01. The van der Waals surface area contributed by atoms with Crippen molar-refractivity contribution in [2.24, 2.45) is 5.73 Å². The molecule has 5 heteroatoms. The summed E-state index contributed by atoms with van der Waals surface area (Å²) in [6.45, 7) is 4.04. The number of nitrogens with two attached hydrogens (primary N) is 1. The van der Waals surface area contributed by atoms with Crippen LogP contribution in [-0.2, 0) is 0 Å². The molecule has 0 aliphatic heterocycles. The molecule has 0 bridgehead atoms. The second-order valence-electron chi connectivity index (χ2n) is 4.58. The Bertz CT molecular complexity index is 430. The summed E-state index contributed by atoms with van der Waals surface area (Å²) in [5, 5.41) is 18.5. The van der Waals surface area contributed by atoms with Gasteiger partial charge in [0.1, 0.15) is 0 Å². The van der Waals surface area contributed by atoms with Crippen molar-refractivity contribution < 1.29 is 15.0 Å². The summed E-state index contributed by atoms with van der Waals surface area (Å²) in [5.41, 5.74) is 5.44. The number of rotatable bonds is 3. The fourth-order valence-corrected chi connectivity index (χ4v) is 1.26. The van der Waals surface area contributed by atoms with Gasteiger partial charge in [-0.25, -0.2) is 0 Å². The SMILES string of the molecule is CN(C(=O)c1ccc(O)c(O)c1)C(C)(C)CN. The van der Waals surface area contributed by atoms with E-state index in [0.717, 1.165) is 0 Å². The number of likely N-dealkylation sites (N-methyl/N-ethyl adjacent to an activating group) is 1. The quantitative estimate of drug-likeness (QED) is 0.683. The molecule has 0 saturated heterocycles. The van der Waals surface area contributed by atoms with E-state index in [4.69, 9.17) is 5.73 Å². The van der Waals surface area contributed by atoms with E-state index >= 15 is 0 Å². The van der Waals surface area contributed by atoms with Crippen molar-refractivity contribution in [2.75, 3.05) is 13.6 Å². The van der Waals surface area contributed by atoms with Crippen molar-refractivity contribution >= 4 is 5.91 Å². The summed E-state index contributed by atoms with van der Waals surface area (Å²) in [5.74, 6) is -0.812. The van der Waals surface area contributed by atoms with Crippen LogP contribution >= 0.6 is 0 Å². The van der Waals surface area contributed by atoms with E-state index in [-0.39, 0.29) is 17.4 Å². The minimum atomic E-state index is -0.468. The number of amides is 1. The van der Waals surface area contributed by atoms with E-state index in [2.05, 4.69) is 0 Å². The summed E-state index contributed by atoms with van der Waals surface area (Å²) < 4.78 is 0. The number of aromatic hydroxyl groups is 2. The van der Waals surface area contributed by atoms with Crippen molar-refractivity contribution in [1.82, 2.24) is 4.90 Å². The van der Waals surface area contributed by atoms with Crippen molar-refractivity contribution in [3.8, 4) is 11.5 Å². The third-order valence-corrected chi connectivity index (χ3v) is 2.93. The van der Waals surface area contributed by atoms with Crippen molar-refractivity contribution in [1.29, 1.82) is 0 Å². The van der Waals surface area contributed by atoms with Crippen LogP contribution in [-0.4, -0.2) is 40.2 Å². The molecular formula is C12H18N2O3. The van der Waals surface area contributed by atoms with Crippen LogP contribution in [0.15, 0.2) is 18.2 Å². The largest absolute Gasteiger partial charge is 0.504 e. The van der Waals surface area contributed by atoms with Crippen molar-refractivity contribution in [3.63, 3.8) is 0 Å². The molecule has 0 fully saturated rings. The molecule has 0 radical (unpaired) electrons. The third kappa shape index (κ3) is 2.68. The fourth-order valence-electron chi connectivity index (χ4n) is 1.26. The first-order chi connectivity index (χ1) is 7.79. The molecule has 0 saturated carbocycles. The first-order valence-electron chi connectivity index (χ1n) is 5.30. The molecule has 1 rings (SSSR count). The van der Waals surface area contributed by atoms with Crippen LogP contribution < -0.4 is 5.73 Å². The van der Waals surface area contributed by atoms with Gasteiger partial charge in [0.05, 0.1) is 0 Å². The lowest BCUT2D eigenvalue weighted by Crippen LogP contribution is -2.50. The summed E-state index contributed by atoms with van der Waals surface area (Å²) in [7, 11) is 1.65. The Labute approximate surface area is 100 Å². The van der Waals surface area contributed by atoms with Gasteiger partial charge in [0, 0.05) is 24.7 Å². The topological polar surface area (TPSA) is 86.8 Å². The molecule has 1 aromatic rings. The Morgan fingerprint density at radius 3 is 2.41 bits per heavy atom. The number of carbonyl (C=O) groups excluding carboxylic acids is 1. The van der Waals surface area contributed by atoms with Gasteiger partial charge in [-0.1, -0.05) is 0 Å². The summed E-state index contributed by atoms with van der Waals surface area (Å²) in [6.07, 6.45) is 0. The monoisotopic (exact) mass is 238 g/mol. The lowest BCUT2D eigenvalue weighted by atomic mass is 10.0. The summed E-state index contributed by atoms with van der Waals surface area (Å²) in [6, 6.07) is 3.98. The van der Waals surface area contributed by atoms with E-state index in [9.17, 15) is 15.0 Å². The predicted octanol–water partition coefficient (Wildman–Crippen LogP) is 0.907. The minimum absolute atomic E-state index is 0.248. The highest BCUT2D eigenvalue weighted by Gasteiger charge is 2.27. The normalized spacial score (nSPS) is 11.3. The zero-order valence-corrected chi connectivity index (χ0v) is 10.3. The van der Waals surface area contributed by atoms with E-state index in [0.29, 0.717) is 12.1 Å². The highest BCUT2D eigenvalue weighted by molar-refractivity contribution is 5.95. The van der Waals surface area contributed by atoms with Crippen LogP contribution in [0, 0.1) is 0 Å². The first-order valence-corrected chi connectivity index (χ1v) is 5.30. The number of phenols is 2. The van der Waals surface area contributed by atoms with Crippen LogP contribution in [0.4, 0.5) is 0 Å². The van der Waals surface area contributed by atoms with Crippen LogP contribution in [0.5, 0.6) is 11.5 Å². The molecule has 0 aromatic heterocycles. The minimum Gasteiger partial charge on any atom is -0.504 e. The van der Waals surface area contributed by atoms with E-state index in [1.165, 1.54) is 23.1 Å². The van der Waals surface area contributed by atoms with E-state index in [1.807, 2.05) is 13.8 Å². The Morgan fingerprint density at radius 2 is 1.94 bits per heavy atom. The fraction of sp³-hybridized carbons (Fsp3) is 0.417. The maximum absolute atomic E-state index is 12.1. The van der Waals surface area contributed by atoms with Gasteiger partial charge < -0.3 is 20.8 Å². The average Bonchev–Trinajstić information content (AvgIpc) is 2.30. The van der Waals surface area contributed by atoms with Crippen LogP contribution in [0.2, 0.25) is 0 Å². The summed E-state index contributed by atoms with van der Waals surface area (Å²) in [4.78, 5) is 13.6. The standard InChI is InChI=1S/C12H18N2O3/c1-12(2,7-13)14(3)11(17)8-4-5-9(15)10(16)6-8/h4-6,15-16H,7,13H2,1-3H3. The van der Waals surface area contributed by atoms with Gasteiger partial charge in [-0.3, -0.25) is 4.79 Å². The number of benzene rings is 1. The van der Waals surface area contributed by atoms with Gasteiger partial charge >= 0.3 is 0 Å². The number of nitrogens with zero attached hydrogens (tertiary/aromatic N) is 1. The van der Waals surface area contributed by atoms with Crippen LogP contribution in [0.25, 0.3) is 0 Å². The van der Waals surface area contributed by atoms with Gasteiger partial charge in [0.25, 0.3) is 5.91 Å². The van der Waals surface area contributed by atoms with Gasteiger partial charge in [-0.15, -0.1) is 0 Å². The number of hydrogen-bond donors (Lipinski definition) is 3. The van der Waals surface area contributed by atoms with E-state index < -0.39 is 5.54 Å². The van der Waals surface area contributed by atoms with Crippen LogP contribution in [0.3, 0.4) is 0 Å². The van der Waals surface area contributed by atoms with Gasteiger partial charge in [0.2, 0.25) is 0 Å². The van der Waals surface area contributed by atoms with Gasteiger partial charge in [-0.05, 0) is 32.0 Å². The molecule has 5 nitrogen and oxygen atoms in total. The third-order valence-electron chi connectivity index (χ3n) is 2.93. The van der Waals surface area contributed by atoms with E-state index in [1.54, 1.807) is 7.05 Å². The van der Waals surface area contributed by atoms with Gasteiger partial charge in [-0.2, -0.15) is 0 Å².